The Morgan fingerprint density at radius 1 is 1.00 bits per heavy atom. The van der Waals surface area contributed by atoms with Gasteiger partial charge in [0.05, 0.1) is 6.61 Å². The molecule has 120 valence electrons. The molecule has 0 saturated carbocycles. The molecule has 5 heteroatoms. The second-order valence-corrected chi connectivity index (χ2v) is 5.13. The maximum absolute atomic E-state index is 12.3. The number of nitrogens with one attached hydrogen (secondary N) is 1. The number of carbonyl (C=O) groups is 2. The summed E-state index contributed by atoms with van der Waals surface area (Å²) >= 11 is 0. The van der Waals surface area contributed by atoms with Crippen molar-refractivity contribution in [1.82, 2.24) is 5.32 Å². The first-order chi connectivity index (χ1) is 11.1. The number of hydrogen-bond donors (Lipinski definition) is 1. The Balaban J connectivity index is 1.97. The second kappa shape index (κ2) is 8.10. The van der Waals surface area contributed by atoms with Crippen LogP contribution in [0.4, 0.5) is 0 Å². The molecule has 0 aliphatic heterocycles. The molecule has 1 atom stereocenters. The highest BCUT2D eigenvalue weighted by Crippen LogP contribution is 2.14. The first-order valence-electron chi connectivity index (χ1n) is 7.24. The maximum atomic E-state index is 12.3. The summed E-state index contributed by atoms with van der Waals surface area (Å²) in [4.78, 5) is 23.1. The Hall–Kier alpha value is -2.66. The zero-order valence-corrected chi connectivity index (χ0v) is 12.9. The average Bonchev–Trinajstić information content (AvgIpc) is 2.60. The summed E-state index contributed by atoms with van der Waals surface area (Å²) in [5.74, 6) is -0.649. The fourth-order valence-corrected chi connectivity index (χ4v) is 1.93. The van der Waals surface area contributed by atoms with Crippen molar-refractivity contribution >= 4 is 12.4 Å². The fourth-order valence-electron chi connectivity index (χ4n) is 1.93. The van der Waals surface area contributed by atoms with E-state index in [1.165, 1.54) is 6.92 Å². The quantitative estimate of drug-likeness (QED) is 0.462. The summed E-state index contributed by atoms with van der Waals surface area (Å²) in [6, 6.07) is 18.7. The van der Waals surface area contributed by atoms with E-state index in [-0.39, 0.29) is 13.2 Å². The molecular formula is C18H19NO4. The van der Waals surface area contributed by atoms with Gasteiger partial charge in [-0.1, -0.05) is 60.7 Å². The Labute approximate surface area is 135 Å². The number of benzene rings is 2. The van der Waals surface area contributed by atoms with Crippen LogP contribution >= 0.6 is 0 Å². The third-order valence-electron chi connectivity index (χ3n) is 3.31. The third kappa shape index (κ3) is 4.93. The Bertz CT molecular complexity index is 630. The molecule has 0 heterocycles. The molecule has 5 nitrogen and oxygen atoms in total. The zero-order valence-electron chi connectivity index (χ0n) is 12.9. The molecule has 0 aromatic heterocycles. The molecule has 0 spiro atoms. The lowest BCUT2D eigenvalue weighted by molar-refractivity contribution is -0.179. The number of amides is 1. The summed E-state index contributed by atoms with van der Waals surface area (Å²) in [5.41, 5.74) is 0.214. The van der Waals surface area contributed by atoms with E-state index in [1.54, 1.807) is 0 Å². The molecule has 0 aliphatic rings. The molecule has 1 N–H and O–H groups in total. The van der Waals surface area contributed by atoms with Gasteiger partial charge in [0, 0.05) is 0 Å². The topological polar surface area (TPSA) is 64.6 Å². The number of hydrogen-bond acceptors (Lipinski definition) is 4. The zero-order chi connectivity index (χ0) is 16.5. The molecule has 2 aromatic rings. The number of carbonyl (C=O) groups excluding carboxylic acids is 2. The standard InChI is InChI=1S/C18H19NO4/c1-18(19-14-20,23-13-16-10-6-3-7-11-16)17(21)22-12-15-8-4-2-5-9-15/h2-11,14H,12-13H2,1H3,(H,19,20). The van der Waals surface area contributed by atoms with Crippen LogP contribution in [-0.2, 0) is 32.3 Å². The van der Waals surface area contributed by atoms with Crippen molar-refractivity contribution in [2.75, 3.05) is 0 Å². The summed E-state index contributed by atoms with van der Waals surface area (Å²) in [6.45, 7) is 1.76. The van der Waals surface area contributed by atoms with Gasteiger partial charge in [-0.05, 0) is 18.1 Å². The Kier molecular flexibility index (Phi) is 5.88. The minimum atomic E-state index is -1.54. The van der Waals surface area contributed by atoms with Crippen LogP contribution in [0.5, 0.6) is 0 Å². The van der Waals surface area contributed by atoms with Crippen LogP contribution in [0.25, 0.3) is 0 Å². The summed E-state index contributed by atoms with van der Waals surface area (Å²) < 4.78 is 10.8. The van der Waals surface area contributed by atoms with E-state index < -0.39 is 11.7 Å². The summed E-state index contributed by atoms with van der Waals surface area (Å²) in [7, 11) is 0. The predicted molar refractivity (Wildman–Crippen MR) is 85.1 cm³/mol. The minimum absolute atomic E-state index is 0.116. The molecule has 0 saturated heterocycles. The first kappa shape index (κ1) is 16.7. The molecular weight excluding hydrogens is 294 g/mol. The SMILES string of the molecule is CC(NC=O)(OCc1ccccc1)C(=O)OCc1ccccc1. The molecule has 23 heavy (non-hydrogen) atoms. The van der Waals surface area contributed by atoms with Gasteiger partial charge in [-0.25, -0.2) is 4.79 Å². The Morgan fingerprint density at radius 2 is 1.52 bits per heavy atom. The molecule has 1 unspecified atom stereocenters. The van der Waals surface area contributed by atoms with E-state index >= 15 is 0 Å². The van der Waals surface area contributed by atoms with Gasteiger partial charge in [-0.15, -0.1) is 0 Å². The highest BCUT2D eigenvalue weighted by molar-refractivity contribution is 5.81. The van der Waals surface area contributed by atoms with Crippen LogP contribution in [0, 0.1) is 0 Å². The van der Waals surface area contributed by atoms with Crippen molar-refractivity contribution in [3.8, 4) is 0 Å². The largest absolute Gasteiger partial charge is 0.457 e. The summed E-state index contributed by atoms with van der Waals surface area (Å²) in [5, 5.41) is 2.39. The van der Waals surface area contributed by atoms with Crippen LogP contribution in [-0.4, -0.2) is 18.1 Å². The van der Waals surface area contributed by atoms with Crippen molar-refractivity contribution in [3.63, 3.8) is 0 Å². The lowest BCUT2D eigenvalue weighted by atomic mass is 10.2. The van der Waals surface area contributed by atoms with Gasteiger partial charge in [-0.3, -0.25) is 4.79 Å². The van der Waals surface area contributed by atoms with Crippen molar-refractivity contribution in [3.05, 3.63) is 71.8 Å². The van der Waals surface area contributed by atoms with E-state index in [2.05, 4.69) is 5.32 Å². The number of esters is 1. The number of ether oxygens (including phenoxy) is 2. The Morgan fingerprint density at radius 3 is 2.04 bits per heavy atom. The molecule has 2 rings (SSSR count). The van der Waals surface area contributed by atoms with E-state index in [9.17, 15) is 9.59 Å². The van der Waals surface area contributed by atoms with Gasteiger partial charge in [0.25, 0.3) is 0 Å². The highest BCUT2D eigenvalue weighted by atomic mass is 16.6. The van der Waals surface area contributed by atoms with Gasteiger partial charge in [0.15, 0.2) is 0 Å². The lowest BCUT2D eigenvalue weighted by Crippen LogP contribution is -2.52. The summed E-state index contributed by atoms with van der Waals surface area (Å²) in [6.07, 6.45) is 0.425. The third-order valence-corrected chi connectivity index (χ3v) is 3.31. The fraction of sp³-hybridized carbons (Fsp3) is 0.222. The van der Waals surface area contributed by atoms with Crippen molar-refractivity contribution in [2.45, 2.75) is 25.9 Å². The van der Waals surface area contributed by atoms with Crippen LogP contribution in [0.2, 0.25) is 0 Å². The van der Waals surface area contributed by atoms with E-state index in [0.29, 0.717) is 6.41 Å². The van der Waals surface area contributed by atoms with E-state index in [4.69, 9.17) is 9.47 Å². The smallest absolute Gasteiger partial charge is 0.359 e. The molecule has 2 aromatic carbocycles. The van der Waals surface area contributed by atoms with Crippen LogP contribution in [0.15, 0.2) is 60.7 Å². The van der Waals surface area contributed by atoms with Crippen LogP contribution in [0.3, 0.4) is 0 Å². The predicted octanol–water partition coefficient (Wildman–Crippen LogP) is 2.41. The molecule has 0 fully saturated rings. The average molecular weight is 313 g/mol. The van der Waals surface area contributed by atoms with Gasteiger partial charge < -0.3 is 14.8 Å². The number of rotatable bonds is 8. The van der Waals surface area contributed by atoms with Crippen molar-refractivity contribution in [1.29, 1.82) is 0 Å². The molecule has 1 amide bonds. The van der Waals surface area contributed by atoms with Crippen LogP contribution < -0.4 is 5.32 Å². The van der Waals surface area contributed by atoms with E-state index in [1.807, 2.05) is 60.7 Å². The van der Waals surface area contributed by atoms with Gasteiger partial charge in [-0.2, -0.15) is 0 Å². The van der Waals surface area contributed by atoms with Crippen molar-refractivity contribution < 1.29 is 19.1 Å². The van der Waals surface area contributed by atoms with Gasteiger partial charge in [0.1, 0.15) is 6.61 Å². The highest BCUT2D eigenvalue weighted by Gasteiger charge is 2.36. The van der Waals surface area contributed by atoms with Crippen LogP contribution in [0.1, 0.15) is 18.1 Å². The lowest BCUT2D eigenvalue weighted by Gasteiger charge is -2.26. The monoisotopic (exact) mass is 313 g/mol. The van der Waals surface area contributed by atoms with Gasteiger partial charge >= 0.3 is 5.97 Å². The molecule has 0 aliphatic carbocycles. The minimum Gasteiger partial charge on any atom is -0.457 e. The maximum Gasteiger partial charge on any atom is 0.359 e. The van der Waals surface area contributed by atoms with Gasteiger partial charge in [0.2, 0.25) is 12.1 Å². The first-order valence-corrected chi connectivity index (χ1v) is 7.24. The molecule has 0 radical (unpaired) electrons. The molecule has 0 bridgehead atoms. The normalized spacial score (nSPS) is 12.9. The second-order valence-electron chi connectivity index (χ2n) is 5.13. The van der Waals surface area contributed by atoms with Crippen molar-refractivity contribution in [2.24, 2.45) is 0 Å². The van der Waals surface area contributed by atoms with E-state index in [0.717, 1.165) is 11.1 Å².